The lowest BCUT2D eigenvalue weighted by atomic mass is 9.95. The predicted octanol–water partition coefficient (Wildman–Crippen LogP) is 1.65. The van der Waals surface area contributed by atoms with Crippen LogP contribution in [0.3, 0.4) is 0 Å². The van der Waals surface area contributed by atoms with Gasteiger partial charge in [-0.25, -0.2) is 8.42 Å². The molecule has 9 heteroatoms. The topological polar surface area (TPSA) is 110 Å². The van der Waals surface area contributed by atoms with Crippen molar-refractivity contribution in [2.75, 3.05) is 25.4 Å². The smallest absolute Gasteiger partial charge is 0.305 e. The minimum atomic E-state index is -3.77. The molecule has 0 bridgehead atoms. The Morgan fingerprint density at radius 2 is 2.04 bits per heavy atom. The van der Waals surface area contributed by atoms with Gasteiger partial charge in [0, 0.05) is 19.5 Å². The number of ether oxygens (including phenoxy) is 1. The molecular formula is C15H21N2O6S-. The maximum atomic E-state index is 12.8. The minimum absolute atomic E-state index is 0.00122. The molecule has 1 saturated heterocycles. The molecule has 1 aromatic rings. The van der Waals surface area contributed by atoms with Crippen molar-refractivity contribution in [3.63, 3.8) is 0 Å². The van der Waals surface area contributed by atoms with Gasteiger partial charge in [0.25, 0.3) is 0 Å². The van der Waals surface area contributed by atoms with Crippen LogP contribution in [-0.2, 0) is 19.6 Å². The fourth-order valence-electron chi connectivity index (χ4n) is 2.80. The number of benzene rings is 1. The summed E-state index contributed by atoms with van der Waals surface area (Å²) in [5.41, 5.74) is 0.358. The zero-order valence-corrected chi connectivity index (χ0v) is 14.5. The number of methoxy groups -OCH3 is 1. The van der Waals surface area contributed by atoms with E-state index in [1.807, 2.05) is 0 Å². The Bertz CT molecular complexity index is 696. The summed E-state index contributed by atoms with van der Waals surface area (Å²) in [7, 11) is -2.43. The number of aryl methyl sites for hydroxylation is 1. The van der Waals surface area contributed by atoms with Gasteiger partial charge in [0.05, 0.1) is 17.7 Å². The van der Waals surface area contributed by atoms with E-state index in [0.717, 1.165) is 6.07 Å². The highest BCUT2D eigenvalue weighted by Crippen LogP contribution is 2.29. The molecule has 1 aliphatic heterocycles. The Morgan fingerprint density at radius 3 is 2.58 bits per heavy atom. The molecule has 1 heterocycles. The second-order valence-electron chi connectivity index (χ2n) is 5.85. The maximum Gasteiger partial charge on any atom is 0.305 e. The number of anilines is 1. The van der Waals surface area contributed by atoms with Gasteiger partial charge in [-0.15, -0.1) is 0 Å². The highest BCUT2D eigenvalue weighted by Gasteiger charge is 2.31. The van der Waals surface area contributed by atoms with Crippen molar-refractivity contribution in [3.8, 4) is 0 Å². The minimum Gasteiger partial charge on any atom is -0.733 e. The van der Waals surface area contributed by atoms with E-state index in [2.05, 4.69) is 4.74 Å². The van der Waals surface area contributed by atoms with Gasteiger partial charge in [-0.2, -0.15) is 4.31 Å². The molecule has 0 atom stereocenters. The maximum absolute atomic E-state index is 12.8. The molecule has 0 spiro atoms. The van der Waals surface area contributed by atoms with Crippen LogP contribution < -0.4 is 5.23 Å². The van der Waals surface area contributed by atoms with Gasteiger partial charge in [0.1, 0.15) is 0 Å². The van der Waals surface area contributed by atoms with E-state index < -0.39 is 10.0 Å². The number of carbonyl (C=O) groups is 1. The third-order valence-corrected chi connectivity index (χ3v) is 6.31. The third kappa shape index (κ3) is 4.04. The highest BCUT2D eigenvalue weighted by atomic mass is 32.2. The van der Waals surface area contributed by atoms with E-state index in [4.69, 9.17) is 5.21 Å². The SMILES string of the molecule is COC(=O)CC1CCN(S(=O)(=O)c2cc(N([O-])O)ccc2C)CC1. The second kappa shape index (κ2) is 7.47. The number of carbonyl (C=O) groups excluding carboxylic acids is 1. The molecule has 0 aliphatic carbocycles. The Kier molecular flexibility index (Phi) is 5.81. The lowest BCUT2D eigenvalue weighted by molar-refractivity contribution is -0.142. The molecule has 134 valence electrons. The van der Waals surface area contributed by atoms with Crippen LogP contribution in [-0.4, -0.2) is 44.1 Å². The van der Waals surface area contributed by atoms with Crippen molar-refractivity contribution in [2.24, 2.45) is 5.92 Å². The fourth-order valence-corrected chi connectivity index (χ4v) is 4.51. The van der Waals surface area contributed by atoms with Crippen LogP contribution in [0.2, 0.25) is 0 Å². The average Bonchev–Trinajstić information content (AvgIpc) is 2.55. The Morgan fingerprint density at radius 1 is 1.42 bits per heavy atom. The monoisotopic (exact) mass is 357 g/mol. The average molecular weight is 357 g/mol. The van der Waals surface area contributed by atoms with E-state index >= 15 is 0 Å². The van der Waals surface area contributed by atoms with Gasteiger partial charge in [0.2, 0.25) is 10.0 Å². The van der Waals surface area contributed by atoms with Crippen molar-refractivity contribution >= 4 is 21.7 Å². The number of hydrogen-bond acceptors (Lipinski definition) is 7. The van der Waals surface area contributed by atoms with E-state index in [9.17, 15) is 18.4 Å². The Hall–Kier alpha value is -1.68. The van der Waals surface area contributed by atoms with Crippen LogP contribution in [0.5, 0.6) is 0 Å². The van der Waals surface area contributed by atoms with Crippen LogP contribution in [0.25, 0.3) is 0 Å². The van der Waals surface area contributed by atoms with E-state index in [0.29, 0.717) is 31.5 Å². The van der Waals surface area contributed by atoms with Crippen LogP contribution in [0.15, 0.2) is 23.1 Å². The molecule has 1 N–H and O–H groups in total. The largest absolute Gasteiger partial charge is 0.733 e. The summed E-state index contributed by atoms with van der Waals surface area (Å²) in [6, 6.07) is 4.00. The summed E-state index contributed by atoms with van der Waals surface area (Å²) >= 11 is 0. The van der Waals surface area contributed by atoms with Gasteiger partial charge in [-0.1, -0.05) is 6.07 Å². The molecule has 1 aliphatic rings. The van der Waals surface area contributed by atoms with Crippen LogP contribution >= 0.6 is 0 Å². The van der Waals surface area contributed by atoms with E-state index in [1.54, 1.807) is 6.92 Å². The highest BCUT2D eigenvalue weighted by molar-refractivity contribution is 7.89. The van der Waals surface area contributed by atoms with Crippen LogP contribution in [0.4, 0.5) is 5.69 Å². The Balaban J connectivity index is 2.15. The van der Waals surface area contributed by atoms with E-state index in [-0.39, 0.29) is 34.1 Å². The van der Waals surface area contributed by atoms with Gasteiger partial charge in [-0.3, -0.25) is 10.0 Å². The van der Waals surface area contributed by atoms with Crippen molar-refractivity contribution in [3.05, 3.63) is 29.0 Å². The molecule has 24 heavy (non-hydrogen) atoms. The first-order chi connectivity index (χ1) is 11.3. The number of hydrogen-bond donors (Lipinski definition) is 1. The van der Waals surface area contributed by atoms with Gasteiger partial charge < -0.3 is 15.2 Å². The first kappa shape index (κ1) is 18.7. The van der Waals surface area contributed by atoms with Crippen LogP contribution in [0, 0.1) is 18.0 Å². The fraction of sp³-hybridized carbons (Fsp3) is 0.533. The lowest BCUT2D eigenvalue weighted by Crippen LogP contribution is -2.39. The van der Waals surface area contributed by atoms with Gasteiger partial charge >= 0.3 is 5.97 Å². The van der Waals surface area contributed by atoms with Gasteiger partial charge in [-0.05, 0) is 43.4 Å². The summed E-state index contributed by atoms with van der Waals surface area (Å²) in [6.45, 7) is 2.23. The molecule has 0 amide bonds. The molecule has 8 nitrogen and oxygen atoms in total. The number of sulfonamides is 1. The number of piperidine rings is 1. The molecular weight excluding hydrogens is 336 g/mol. The number of esters is 1. The standard InChI is InChI=1S/C15H21N2O6S/c1-11-3-4-13(17(19)20)10-14(11)24(21,22)16-7-5-12(6-8-16)9-15(18)23-2/h3-4,10,12,19H,5-9H2,1-2H3/q-1. The van der Waals surface area contributed by atoms with Gasteiger partial charge in [0.15, 0.2) is 0 Å². The molecule has 1 aromatic carbocycles. The normalized spacial score (nSPS) is 16.8. The summed E-state index contributed by atoms with van der Waals surface area (Å²) in [5.74, 6) is -0.191. The molecule has 1 fully saturated rings. The molecule has 0 radical (unpaired) electrons. The summed E-state index contributed by atoms with van der Waals surface area (Å²) < 4.78 is 31.6. The number of rotatable bonds is 5. The predicted molar refractivity (Wildman–Crippen MR) is 86.9 cm³/mol. The second-order valence-corrected chi connectivity index (χ2v) is 7.76. The van der Waals surface area contributed by atoms with Crippen molar-refractivity contribution in [1.29, 1.82) is 0 Å². The zero-order chi connectivity index (χ0) is 17.9. The van der Waals surface area contributed by atoms with E-state index in [1.165, 1.54) is 23.5 Å². The summed E-state index contributed by atoms with van der Waals surface area (Å²) in [5, 5.41) is 19.6. The first-order valence-corrected chi connectivity index (χ1v) is 9.03. The first-order valence-electron chi connectivity index (χ1n) is 7.59. The molecule has 2 rings (SSSR count). The van der Waals surface area contributed by atoms with Crippen molar-refractivity contribution in [1.82, 2.24) is 4.31 Å². The van der Waals surface area contributed by atoms with Crippen molar-refractivity contribution in [2.45, 2.75) is 31.1 Å². The molecule has 0 aromatic heterocycles. The summed E-state index contributed by atoms with van der Waals surface area (Å²) in [4.78, 5) is 11.3. The number of nitrogens with zero attached hydrogens (tertiary/aromatic N) is 2. The quantitative estimate of drug-likeness (QED) is 0.630. The lowest BCUT2D eigenvalue weighted by Gasteiger charge is -2.31. The molecule has 0 unspecified atom stereocenters. The zero-order valence-electron chi connectivity index (χ0n) is 13.6. The summed E-state index contributed by atoms with van der Waals surface area (Å²) in [6.07, 6.45) is 1.43. The molecule has 0 saturated carbocycles. The third-order valence-electron chi connectivity index (χ3n) is 4.27. The van der Waals surface area contributed by atoms with Crippen LogP contribution in [0.1, 0.15) is 24.8 Å². The Labute approximate surface area is 141 Å². The van der Waals surface area contributed by atoms with Crippen molar-refractivity contribution < 1.29 is 23.2 Å².